The summed E-state index contributed by atoms with van der Waals surface area (Å²) in [5.74, 6) is 1.02. The lowest BCUT2D eigenvalue weighted by Gasteiger charge is -2.17. The summed E-state index contributed by atoms with van der Waals surface area (Å²) in [6, 6.07) is 6.92. The van der Waals surface area contributed by atoms with Crippen LogP contribution in [0.3, 0.4) is 0 Å². The Bertz CT molecular complexity index is 773. The maximum absolute atomic E-state index is 12.2. The molecule has 0 radical (unpaired) electrons. The van der Waals surface area contributed by atoms with Crippen LogP contribution in [-0.4, -0.2) is 29.2 Å². The molecular weight excluding hydrogens is 322 g/mol. The van der Waals surface area contributed by atoms with Gasteiger partial charge in [0.05, 0.1) is 19.8 Å². The minimum atomic E-state index is -0.454. The molecule has 7 nitrogen and oxygen atoms in total. The third-order valence-corrected chi connectivity index (χ3v) is 3.62. The van der Waals surface area contributed by atoms with E-state index in [-0.39, 0.29) is 18.5 Å². The molecule has 7 heteroatoms. The van der Waals surface area contributed by atoms with Crippen LogP contribution in [0.1, 0.15) is 31.9 Å². The lowest BCUT2D eigenvalue weighted by atomic mass is 10.1. The van der Waals surface area contributed by atoms with E-state index in [1.807, 2.05) is 32.0 Å². The number of hydrogen-bond donors (Lipinski definition) is 1. The number of aromatic nitrogens is 2. The van der Waals surface area contributed by atoms with Gasteiger partial charge in [0, 0.05) is 12.4 Å². The molecule has 2 rings (SSSR count). The van der Waals surface area contributed by atoms with Crippen LogP contribution in [0.4, 0.5) is 0 Å². The molecule has 0 aliphatic heterocycles. The fourth-order valence-corrected chi connectivity index (χ4v) is 2.32. The molecular formula is C18H23N3O4. The minimum absolute atomic E-state index is 0.0775. The average molecular weight is 345 g/mol. The van der Waals surface area contributed by atoms with Crippen molar-refractivity contribution in [1.82, 2.24) is 14.9 Å². The zero-order valence-corrected chi connectivity index (χ0v) is 14.7. The zero-order chi connectivity index (χ0) is 18.2. The molecule has 2 aromatic rings. The first kappa shape index (κ1) is 18.5. The number of hydrogen-bond acceptors (Lipinski definition) is 5. The summed E-state index contributed by atoms with van der Waals surface area (Å²) in [6.45, 7) is 4.44. The van der Waals surface area contributed by atoms with Crippen LogP contribution in [0.5, 0.6) is 11.5 Å². The lowest BCUT2D eigenvalue weighted by molar-refractivity contribution is -0.122. The van der Waals surface area contributed by atoms with Gasteiger partial charge in [-0.25, -0.2) is 9.78 Å². The van der Waals surface area contributed by atoms with E-state index in [1.54, 1.807) is 13.2 Å². The monoisotopic (exact) mass is 345 g/mol. The molecule has 0 bridgehead atoms. The van der Waals surface area contributed by atoms with Crippen molar-refractivity contribution in [3.63, 3.8) is 0 Å². The van der Waals surface area contributed by atoms with E-state index in [0.717, 1.165) is 12.0 Å². The predicted molar refractivity (Wildman–Crippen MR) is 93.8 cm³/mol. The fraction of sp³-hybridized carbons (Fsp3) is 0.389. The number of carbonyl (C=O) groups excluding carboxylic acids is 1. The van der Waals surface area contributed by atoms with Gasteiger partial charge in [0.25, 0.3) is 0 Å². The highest BCUT2D eigenvalue weighted by Crippen LogP contribution is 2.30. The van der Waals surface area contributed by atoms with Crippen LogP contribution in [0.2, 0.25) is 0 Å². The maximum atomic E-state index is 12.2. The molecule has 0 unspecified atom stereocenters. The Hall–Kier alpha value is -2.83. The number of rotatable bonds is 8. The van der Waals surface area contributed by atoms with E-state index in [9.17, 15) is 9.59 Å². The van der Waals surface area contributed by atoms with Gasteiger partial charge < -0.3 is 14.8 Å². The van der Waals surface area contributed by atoms with Crippen molar-refractivity contribution in [3.8, 4) is 11.5 Å². The highest BCUT2D eigenvalue weighted by Gasteiger charge is 2.13. The summed E-state index contributed by atoms with van der Waals surface area (Å²) in [4.78, 5) is 27.3. The molecule has 1 N–H and O–H groups in total. The molecule has 0 saturated carbocycles. The summed E-state index contributed by atoms with van der Waals surface area (Å²) in [7, 11) is 1.58. The molecule has 1 amide bonds. The quantitative estimate of drug-likeness (QED) is 0.790. The Labute approximate surface area is 146 Å². The van der Waals surface area contributed by atoms with Crippen LogP contribution < -0.4 is 20.5 Å². The molecule has 25 heavy (non-hydrogen) atoms. The van der Waals surface area contributed by atoms with Gasteiger partial charge in [-0.15, -0.1) is 0 Å². The molecule has 0 saturated heterocycles. The standard InChI is InChI=1S/C18H23N3O4/c1-4-10-25-15-7-6-14(11-16(15)24-3)13(2)20-17(22)12-21-9-5-8-19-18(21)23/h5-9,11,13H,4,10,12H2,1-3H3,(H,20,22)/t13-/m1/s1. The van der Waals surface area contributed by atoms with Crippen molar-refractivity contribution < 1.29 is 14.3 Å². The van der Waals surface area contributed by atoms with Gasteiger partial charge in [-0.05, 0) is 37.1 Å². The number of benzene rings is 1. The highest BCUT2D eigenvalue weighted by molar-refractivity contribution is 5.76. The molecule has 0 aliphatic carbocycles. The van der Waals surface area contributed by atoms with Crippen molar-refractivity contribution in [2.24, 2.45) is 0 Å². The van der Waals surface area contributed by atoms with Crippen LogP contribution in [0.15, 0.2) is 41.5 Å². The van der Waals surface area contributed by atoms with Crippen molar-refractivity contribution in [2.45, 2.75) is 32.9 Å². The van der Waals surface area contributed by atoms with Gasteiger partial charge in [-0.2, -0.15) is 0 Å². The molecule has 0 fully saturated rings. The summed E-state index contributed by atoms with van der Waals surface area (Å²) in [6.07, 6.45) is 3.83. The SMILES string of the molecule is CCCOc1ccc([C@@H](C)NC(=O)Cn2cccnc2=O)cc1OC. The zero-order valence-electron chi connectivity index (χ0n) is 14.7. The topological polar surface area (TPSA) is 82.5 Å². The van der Waals surface area contributed by atoms with Gasteiger partial charge in [0.2, 0.25) is 5.91 Å². The Morgan fingerprint density at radius 3 is 2.84 bits per heavy atom. The lowest BCUT2D eigenvalue weighted by Crippen LogP contribution is -2.34. The van der Waals surface area contributed by atoms with Crippen molar-refractivity contribution in [2.75, 3.05) is 13.7 Å². The predicted octanol–water partition coefficient (Wildman–Crippen LogP) is 1.92. The molecule has 134 valence electrons. The minimum Gasteiger partial charge on any atom is -0.493 e. The number of nitrogens with zero attached hydrogens (tertiary/aromatic N) is 2. The summed E-state index contributed by atoms with van der Waals surface area (Å²) in [5.41, 5.74) is 0.428. The molecule has 1 atom stereocenters. The van der Waals surface area contributed by atoms with Crippen molar-refractivity contribution in [3.05, 3.63) is 52.7 Å². The second-order valence-corrected chi connectivity index (χ2v) is 5.58. The Balaban J connectivity index is 2.04. The second kappa shape index (κ2) is 8.86. The van der Waals surface area contributed by atoms with E-state index in [1.165, 1.54) is 17.0 Å². The third-order valence-electron chi connectivity index (χ3n) is 3.62. The second-order valence-electron chi connectivity index (χ2n) is 5.58. The third kappa shape index (κ3) is 5.07. The van der Waals surface area contributed by atoms with E-state index in [2.05, 4.69) is 10.3 Å². The first-order chi connectivity index (χ1) is 12.0. The maximum Gasteiger partial charge on any atom is 0.347 e. The number of ether oxygens (including phenoxy) is 2. The number of amides is 1. The molecule has 1 aromatic carbocycles. The molecule has 1 aromatic heterocycles. The first-order valence-electron chi connectivity index (χ1n) is 8.16. The highest BCUT2D eigenvalue weighted by atomic mass is 16.5. The first-order valence-corrected chi connectivity index (χ1v) is 8.16. The molecule has 1 heterocycles. The van der Waals surface area contributed by atoms with E-state index in [0.29, 0.717) is 18.1 Å². The van der Waals surface area contributed by atoms with Gasteiger partial charge in [-0.3, -0.25) is 9.36 Å². The molecule has 0 aliphatic rings. The number of carbonyl (C=O) groups is 1. The van der Waals surface area contributed by atoms with Gasteiger partial charge in [0.15, 0.2) is 11.5 Å². The van der Waals surface area contributed by atoms with Gasteiger partial charge in [0.1, 0.15) is 6.54 Å². The normalized spacial score (nSPS) is 11.6. The van der Waals surface area contributed by atoms with Crippen molar-refractivity contribution in [1.29, 1.82) is 0 Å². The Morgan fingerprint density at radius 2 is 2.16 bits per heavy atom. The largest absolute Gasteiger partial charge is 0.493 e. The molecule has 0 spiro atoms. The van der Waals surface area contributed by atoms with Crippen LogP contribution >= 0.6 is 0 Å². The van der Waals surface area contributed by atoms with E-state index in [4.69, 9.17) is 9.47 Å². The Morgan fingerprint density at radius 1 is 1.36 bits per heavy atom. The fourth-order valence-electron chi connectivity index (χ4n) is 2.32. The summed E-state index contributed by atoms with van der Waals surface area (Å²) in [5, 5.41) is 2.86. The van der Waals surface area contributed by atoms with Crippen LogP contribution in [0, 0.1) is 0 Å². The van der Waals surface area contributed by atoms with Crippen LogP contribution in [0.25, 0.3) is 0 Å². The van der Waals surface area contributed by atoms with Crippen LogP contribution in [-0.2, 0) is 11.3 Å². The van der Waals surface area contributed by atoms with E-state index < -0.39 is 5.69 Å². The summed E-state index contributed by atoms with van der Waals surface area (Å²) >= 11 is 0. The van der Waals surface area contributed by atoms with Crippen molar-refractivity contribution >= 4 is 5.91 Å². The summed E-state index contributed by atoms with van der Waals surface area (Å²) < 4.78 is 12.2. The average Bonchev–Trinajstić information content (AvgIpc) is 2.61. The smallest absolute Gasteiger partial charge is 0.347 e. The number of methoxy groups -OCH3 is 1. The van der Waals surface area contributed by atoms with Gasteiger partial charge in [-0.1, -0.05) is 13.0 Å². The Kier molecular flexibility index (Phi) is 6.56. The number of nitrogens with one attached hydrogen (secondary N) is 1. The van der Waals surface area contributed by atoms with E-state index >= 15 is 0 Å². The van der Waals surface area contributed by atoms with Gasteiger partial charge >= 0.3 is 5.69 Å².